The third-order valence-corrected chi connectivity index (χ3v) is 6.04. The molecule has 0 aliphatic rings. The zero-order chi connectivity index (χ0) is 22.1. The Morgan fingerprint density at radius 1 is 1.00 bits per heavy atom. The number of carbonyl (C=O) groups excluding carboxylic acids is 2. The molecule has 0 heterocycles. The van der Waals surface area contributed by atoms with Gasteiger partial charge >= 0.3 is 5.97 Å². The van der Waals surface area contributed by atoms with Crippen molar-refractivity contribution in [3.8, 4) is 0 Å². The highest BCUT2D eigenvalue weighted by molar-refractivity contribution is 7.89. The van der Waals surface area contributed by atoms with E-state index in [1.165, 1.54) is 24.6 Å². The van der Waals surface area contributed by atoms with Crippen LogP contribution in [0.2, 0.25) is 0 Å². The van der Waals surface area contributed by atoms with Crippen LogP contribution in [0.4, 0.5) is 0 Å². The Morgan fingerprint density at radius 2 is 1.63 bits per heavy atom. The maximum Gasteiger partial charge on any atom is 0.324 e. The Balaban J connectivity index is 1.75. The van der Waals surface area contributed by atoms with Gasteiger partial charge in [0.2, 0.25) is 10.0 Å². The largest absolute Gasteiger partial charge is 0.454 e. The van der Waals surface area contributed by atoms with Crippen LogP contribution in [0.5, 0.6) is 0 Å². The Hall–Kier alpha value is -2.71. The third-order valence-electron chi connectivity index (χ3n) is 4.48. The first kappa shape index (κ1) is 23.6. The van der Waals surface area contributed by atoms with Crippen molar-refractivity contribution in [1.29, 1.82) is 0 Å². The summed E-state index contributed by atoms with van der Waals surface area (Å²) >= 11 is 0. The minimum Gasteiger partial charge on any atom is -0.454 e. The van der Waals surface area contributed by atoms with E-state index in [1.54, 1.807) is 12.1 Å². The predicted octanol–water partition coefficient (Wildman–Crippen LogP) is 2.34. The van der Waals surface area contributed by atoms with Crippen molar-refractivity contribution in [1.82, 2.24) is 10.0 Å². The second-order valence-electron chi connectivity index (χ2n) is 7.26. The van der Waals surface area contributed by atoms with Gasteiger partial charge in [-0.05, 0) is 51.3 Å². The number of sulfonamides is 1. The van der Waals surface area contributed by atoms with Gasteiger partial charge < -0.3 is 10.1 Å². The number of esters is 1. The number of benzene rings is 2. The normalized spacial score (nSPS) is 13.3. The van der Waals surface area contributed by atoms with Gasteiger partial charge in [-0.15, -0.1) is 0 Å². The van der Waals surface area contributed by atoms with Crippen LogP contribution in [0.15, 0.2) is 59.5 Å². The number of rotatable bonds is 10. The number of ether oxygens (including phenoxy) is 1. The van der Waals surface area contributed by atoms with Crippen LogP contribution in [-0.4, -0.2) is 39.0 Å². The first-order chi connectivity index (χ1) is 14.2. The van der Waals surface area contributed by atoms with Gasteiger partial charge in [0, 0.05) is 6.04 Å². The molecule has 2 aromatic carbocycles. The van der Waals surface area contributed by atoms with E-state index in [0.29, 0.717) is 0 Å². The van der Waals surface area contributed by atoms with Crippen LogP contribution >= 0.6 is 0 Å². The Labute approximate surface area is 177 Å². The topological polar surface area (TPSA) is 102 Å². The van der Waals surface area contributed by atoms with Crippen molar-refractivity contribution < 1.29 is 22.7 Å². The van der Waals surface area contributed by atoms with Crippen molar-refractivity contribution in [2.75, 3.05) is 6.61 Å². The zero-order valence-electron chi connectivity index (χ0n) is 17.4. The summed E-state index contributed by atoms with van der Waals surface area (Å²) in [5, 5.41) is 2.77. The van der Waals surface area contributed by atoms with Crippen LogP contribution < -0.4 is 10.0 Å². The predicted molar refractivity (Wildman–Crippen MR) is 114 cm³/mol. The smallest absolute Gasteiger partial charge is 0.324 e. The highest BCUT2D eigenvalue weighted by Crippen LogP contribution is 2.11. The molecule has 0 aliphatic heterocycles. The van der Waals surface area contributed by atoms with Crippen LogP contribution in [0, 0.1) is 6.92 Å². The highest BCUT2D eigenvalue weighted by Gasteiger charge is 2.23. The molecule has 2 rings (SSSR count). The van der Waals surface area contributed by atoms with Gasteiger partial charge in [0.05, 0.1) is 4.90 Å². The summed E-state index contributed by atoms with van der Waals surface area (Å²) in [5.74, 6) is -1.25. The Morgan fingerprint density at radius 3 is 2.27 bits per heavy atom. The number of amides is 1. The molecule has 7 nitrogen and oxygen atoms in total. The Kier molecular flexibility index (Phi) is 8.56. The first-order valence-corrected chi connectivity index (χ1v) is 11.2. The molecule has 0 spiro atoms. The molecule has 2 aromatic rings. The van der Waals surface area contributed by atoms with Gasteiger partial charge in [-0.1, -0.05) is 48.0 Å². The molecule has 0 saturated heterocycles. The summed E-state index contributed by atoms with van der Waals surface area (Å²) in [6.07, 6.45) is 1.57. The van der Waals surface area contributed by atoms with Gasteiger partial charge in [0.25, 0.3) is 5.91 Å². The van der Waals surface area contributed by atoms with Gasteiger partial charge in [-0.25, -0.2) is 8.42 Å². The van der Waals surface area contributed by atoms with Gasteiger partial charge in [0.15, 0.2) is 6.61 Å². The van der Waals surface area contributed by atoms with Crippen LogP contribution in [0.3, 0.4) is 0 Å². The van der Waals surface area contributed by atoms with Gasteiger partial charge in [-0.3, -0.25) is 9.59 Å². The summed E-state index contributed by atoms with van der Waals surface area (Å²) in [5.41, 5.74) is 2.10. The average Bonchev–Trinajstić information content (AvgIpc) is 2.71. The van der Waals surface area contributed by atoms with Crippen LogP contribution in [0.25, 0.3) is 0 Å². The van der Waals surface area contributed by atoms with E-state index in [2.05, 4.69) is 10.0 Å². The quantitative estimate of drug-likeness (QED) is 0.561. The lowest BCUT2D eigenvalue weighted by molar-refractivity contribution is -0.149. The van der Waals surface area contributed by atoms with Gasteiger partial charge in [0.1, 0.15) is 6.04 Å². The molecule has 0 fully saturated rings. The second-order valence-corrected chi connectivity index (χ2v) is 8.97. The number of hydrogen-bond donors (Lipinski definition) is 2. The van der Waals surface area contributed by atoms with Crippen molar-refractivity contribution in [3.05, 3.63) is 65.7 Å². The van der Waals surface area contributed by atoms with E-state index >= 15 is 0 Å². The molecular formula is C22H28N2O5S. The molecule has 0 radical (unpaired) electrons. The SMILES string of the molecule is Cc1ccc(S(=O)(=O)NC(C)C(=O)OCC(=O)NC(C)CCc2ccccc2)cc1. The molecule has 2 atom stereocenters. The Bertz CT molecular complexity index is 943. The molecule has 1 amide bonds. The molecule has 30 heavy (non-hydrogen) atoms. The van der Waals surface area contributed by atoms with Crippen molar-refractivity contribution in [2.24, 2.45) is 0 Å². The maximum atomic E-state index is 12.3. The number of hydrogen-bond acceptors (Lipinski definition) is 5. The minimum absolute atomic E-state index is 0.0535. The monoisotopic (exact) mass is 432 g/mol. The lowest BCUT2D eigenvalue weighted by Crippen LogP contribution is -2.41. The van der Waals surface area contributed by atoms with Gasteiger partial charge in [-0.2, -0.15) is 4.72 Å². The number of nitrogens with one attached hydrogen (secondary N) is 2. The first-order valence-electron chi connectivity index (χ1n) is 9.76. The van der Waals surface area contributed by atoms with E-state index in [-0.39, 0.29) is 10.9 Å². The van der Waals surface area contributed by atoms with Crippen LogP contribution in [0.1, 0.15) is 31.4 Å². The molecule has 162 valence electrons. The third kappa shape index (κ3) is 7.61. The fourth-order valence-corrected chi connectivity index (χ4v) is 3.94. The summed E-state index contributed by atoms with van der Waals surface area (Å²) in [6.45, 7) is 4.62. The average molecular weight is 433 g/mol. The van der Waals surface area contributed by atoms with E-state index in [4.69, 9.17) is 4.74 Å². The van der Waals surface area contributed by atoms with E-state index in [1.807, 2.05) is 44.2 Å². The highest BCUT2D eigenvalue weighted by atomic mass is 32.2. The fourth-order valence-electron chi connectivity index (χ4n) is 2.74. The molecule has 0 aliphatic carbocycles. The molecule has 0 aromatic heterocycles. The van der Waals surface area contributed by atoms with E-state index in [9.17, 15) is 18.0 Å². The lowest BCUT2D eigenvalue weighted by atomic mass is 10.1. The summed E-state index contributed by atoms with van der Waals surface area (Å²) in [7, 11) is -3.86. The number of aryl methyl sites for hydroxylation is 2. The summed E-state index contributed by atoms with van der Waals surface area (Å²) in [4.78, 5) is 24.1. The number of carbonyl (C=O) groups is 2. The zero-order valence-corrected chi connectivity index (χ0v) is 18.2. The van der Waals surface area contributed by atoms with Crippen molar-refractivity contribution >= 4 is 21.9 Å². The second kappa shape index (κ2) is 10.9. The maximum absolute atomic E-state index is 12.3. The molecule has 8 heteroatoms. The van der Waals surface area contributed by atoms with Crippen molar-refractivity contribution in [2.45, 2.75) is 50.6 Å². The molecular weight excluding hydrogens is 404 g/mol. The lowest BCUT2D eigenvalue weighted by Gasteiger charge is -2.16. The minimum atomic E-state index is -3.86. The van der Waals surface area contributed by atoms with E-state index < -0.39 is 34.5 Å². The van der Waals surface area contributed by atoms with Crippen LogP contribution in [-0.2, 0) is 30.8 Å². The molecule has 2 unspecified atom stereocenters. The summed E-state index contributed by atoms with van der Waals surface area (Å²) < 4.78 is 31.9. The standard InChI is InChI=1S/C22H28N2O5S/c1-16-9-13-20(14-10-16)30(27,28)24-18(3)22(26)29-15-21(25)23-17(2)11-12-19-7-5-4-6-8-19/h4-10,13-14,17-18,24H,11-12,15H2,1-3H3,(H,23,25). The fraction of sp³-hybridized carbons (Fsp3) is 0.364. The molecule has 0 saturated carbocycles. The van der Waals surface area contributed by atoms with Crippen molar-refractivity contribution in [3.63, 3.8) is 0 Å². The summed E-state index contributed by atoms with van der Waals surface area (Å²) in [6, 6.07) is 15.0. The molecule has 0 bridgehead atoms. The molecule has 2 N–H and O–H groups in total. The van der Waals surface area contributed by atoms with E-state index in [0.717, 1.165) is 18.4 Å².